The van der Waals surface area contributed by atoms with Crippen LogP contribution in [0.5, 0.6) is 5.75 Å². The van der Waals surface area contributed by atoms with Gasteiger partial charge in [0.2, 0.25) is 5.91 Å². The molecule has 0 aliphatic heterocycles. The summed E-state index contributed by atoms with van der Waals surface area (Å²) in [5.41, 5.74) is 7.66. The molecule has 0 saturated heterocycles. The fraction of sp³-hybridized carbons (Fsp3) is 0.533. The van der Waals surface area contributed by atoms with Crippen LogP contribution < -0.4 is 15.8 Å². The minimum atomic E-state index is -0.227. The van der Waals surface area contributed by atoms with E-state index in [0.717, 1.165) is 16.9 Å². The van der Waals surface area contributed by atoms with Gasteiger partial charge in [0.05, 0.1) is 19.1 Å². The lowest BCUT2D eigenvalue weighted by atomic mass is 10.1. The molecule has 0 heterocycles. The van der Waals surface area contributed by atoms with Crippen LogP contribution in [0.15, 0.2) is 18.2 Å². The maximum atomic E-state index is 11.6. The van der Waals surface area contributed by atoms with E-state index >= 15 is 0 Å². The molecule has 1 aromatic rings. The third-order valence-electron chi connectivity index (χ3n) is 3.09. The summed E-state index contributed by atoms with van der Waals surface area (Å²) < 4.78 is 10.8. The predicted octanol–water partition coefficient (Wildman–Crippen LogP) is 1.58. The van der Waals surface area contributed by atoms with Gasteiger partial charge in [-0.1, -0.05) is 18.2 Å². The molecular formula is C15H25ClN2O3. The number of nitrogens with two attached hydrogens (primary N) is 1. The van der Waals surface area contributed by atoms with E-state index in [9.17, 15) is 4.79 Å². The first kappa shape index (κ1) is 19.7. The fourth-order valence-electron chi connectivity index (χ4n) is 1.91. The lowest BCUT2D eigenvalue weighted by Gasteiger charge is -2.14. The summed E-state index contributed by atoms with van der Waals surface area (Å²) in [5.74, 6) is 0.811. The molecule has 0 radical (unpaired) electrons. The van der Waals surface area contributed by atoms with Crippen molar-refractivity contribution in [1.82, 2.24) is 5.32 Å². The summed E-state index contributed by atoms with van der Waals surface area (Å²) in [5, 5.41) is 2.79. The lowest BCUT2D eigenvalue weighted by Crippen LogP contribution is -2.34. The van der Waals surface area contributed by atoms with Crippen molar-refractivity contribution >= 4 is 18.3 Å². The summed E-state index contributed by atoms with van der Waals surface area (Å²) in [7, 11) is 1.55. The number of para-hydroxylation sites is 1. The van der Waals surface area contributed by atoms with Crippen molar-refractivity contribution in [1.29, 1.82) is 0 Å². The quantitative estimate of drug-likeness (QED) is 0.714. The van der Waals surface area contributed by atoms with Crippen LogP contribution >= 0.6 is 12.4 Å². The normalized spacial score (nSPS) is 11.4. The molecule has 6 heteroatoms. The van der Waals surface area contributed by atoms with Crippen LogP contribution in [0, 0.1) is 13.8 Å². The van der Waals surface area contributed by atoms with Crippen LogP contribution in [0.25, 0.3) is 0 Å². The van der Waals surface area contributed by atoms with Crippen molar-refractivity contribution in [2.75, 3.05) is 26.8 Å². The molecule has 0 spiro atoms. The van der Waals surface area contributed by atoms with Gasteiger partial charge in [0.15, 0.2) is 0 Å². The molecule has 1 atom stereocenters. The van der Waals surface area contributed by atoms with E-state index in [0.29, 0.717) is 19.7 Å². The lowest BCUT2D eigenvalue weighted by molar-refractivity contribution is -0.123. The van der Waals surface area contributed by atoms with Crippen molar-refractivity contribution in [2.24, 2.45) is 5.73 Å². The zero-order valence-electron chi connectivity index (χ0n) is 12.8. The third kappa shape index (κ3) is 6.80. The first-order chi connectivity index (χ1) is 9.58. The number of nitrogens with one attached hydrogen (secondary N) is 1. The fourth-order valence-corrected chi connectivity index (χ4v) is 1.91. The zero-order chi connectivity index (χ0) is 15.0. The SMILES string of the molecule is COC(CN)CC(=O)NCCOc1c(C)cccc1C.Cl. The molecule has 5 nitrogen and oxygen atoms in total. The smallest absolute Gasteiger partial charge is 0.222 e. The van der Waals surface area contributed by atoms with Gasteiger partial charge >= 0.3 is 0 Å². The molecule has 0 saturated carbocycles. The molecule has 0 aliphatic carbocycles. The number of hydrogen-bond acceptors (Lipinski definition) is 4. The second kappa shape index (κ2) is 10.4. The number of aryl methyl sites for hydroxylation is 2. The average molecular weight is 317 g/mol. The van der Waals surface area contributed by atoms with Crippen LogP contribution in [0.4, 0.5) is 0 Å². The standard InChI is InChI=1S/C15H24N2O3.ClH/c1-11-5-4-6-12(2)15(11)20-8-7-17-14(18)9-13(10-16)19-3;/h4-6,13H,7-10,16H2,1-3H3,(H,17,18);1H. The predicted molar refractivity (Wildman–Crippen MR) is 86.1 cm³/mol. The van der Waals surface area contributed by atoms with Gasteiger partial charge < -0.3 is 20.5 Å². The molecule has 3 N–H and O–H groups in total. The van der Waals surface area contributed by atoms with Gasteiger partial charge in [-0.25, -0.2) is 0 Å². The number of halogens is 1. The first-order valence-electron chi connectivity index (χ1n) is 6.77. The Balaban J connectivity index is 0.00000400. The van der Waals surface area contributed by atoms with Crippen molar-refractivity contribution in [2.45, 2.75) is 26.4 Å². The molecule has 0 bridgehead atoms. The Hall–Kier alpha value is -1.30. The van der Waals surface area contributed by atoms with E-state index < -0.39 is 0 Å². The number of ether oxygens (including phenoxy) is 2. The Bertz CT molecular complexity index is 417. The minimum Gasteiger partial charge on any atom is -0.491 e. The Morgan fingerprint density at radius 1 is 1.33 bits per heavy atom. The molecule has 21 heavy (non-hydrogen) atoms. The number of carbonyl (C=O) groups excluding carboxylic acids is 1. The summed E-state index contributed by atoms with van der Waals surface area (Å²) in [6, 6.07) is 6.01. The molecule has 0 fully saturated rings. The van der Waals surface area contributed by atoms with E-state index in [4.69, 9.17) is 15.2 Å². The van der Waals surface area contributed by atoms with E-state index in [1.54, 1.807) is 7.11 Å². The Morgan fingerprint density at radius 3 is 2.48 bits per heavy atom. The van der Waals surface area contributed by atoms with Gasteiger partial charge in [0.25, 0.3) is 0 Å². The first-order valence-corrected chi connectivity index (χ1v) is 6.77. The molecule has 1 amide bonds. The Kier molecular flexibility index (Phi) is 9.78. The summed E-state index contributed by atoms with van der Waals surface area (Å²) >= 11 is 0. The van der Waals surface area contributed by atoms with Crippen LogP contribution in [-0.4, -0.2) is 38.8 Å². The topological polar surface area (TPSA) is 73.6 Å². The van der Waals surface area contributed by atoms with Crippen molar-refractivity contribution in [3.8, 4) is 5.75 Å². The van der Waals surface area contributed by atoms with Gasteiger partial charge in [0.1, 0.15) is 12.4 Å². The molecular weight excluding hydrogens is 292 g/mol. The Morgan fingerprint density at radius 2 is 1.95 bits per heavy atom. The highest BCUT2D eigenvalue weighted by Crippen LogP contribution is 2.21. The van der Waals surface area contributed by atoms with Crippen molar-refractivity contribution in [3.63, 3.8) is 0 Å². The number of amides is 1. The van der Waals surface area contributed by atoms with Gasteiger partial charge in [-0.05, 0) is 25.0 Å². The molecule has 1 rings (SSSR count). The highest BCUT2D eigenvalue weighted by molar-refractivity contribution is 5.85. The van der Waals surface area contributed by atoms with Crippen molar-refractivity contribution < 1.29 is 14.3 Å². The minimum absolute atomic E-state index is 0. The third-order valence-corrected chi connectivity index (χ3v) is 3.09. The molecule has 0 aromatic heterocycles. The molecule has 1 unspecified atom stereocenters. The van der Waals surface area contributed by atoms with Crippen LogP contribution in [0.2, 0.25) is 0 Å². The van der Waals surface area contributed by atoms with Gasteiger partial charge in [0, 0.05) is 13.7 Å². The second-order valence-electron chi connectivity index (χ2n) is 4.72. The molecule has 120 valence electrons. The van der Waals surface area contributed by atoms with Gasteiger partial charge in [-0.2, -0.15) is 0 Å². The number of methoxy groups -OCH3 is 1. The van der Waals surface area contributed by atoms with Crippen molar-refractivity contribution in [3.05, 3.63) is 29.3 Å². The van der Waals surface area contributed by atoms with E-state index in [-0.39, 0.29) is 30.8 Å². The summed E-state index contributed by atoms with van der Waals surface area (Å²) in [6.45, 7) is 5.25. The van der Waals surface area contributed by atoms with E-state index in [1.807, 2.05) is 32.0 Å². The van der Waals surface area contributed by atoms with Gasteiger partial charge in [-0.3, -0.25) is 4.79 Å². The Labute approximate surface area is 132 Å². The maximum Gasteiger partial charge on any atom is 0.222 e. The largest absolute Gasteiger partial charge is 0.491 e. The highest BCUT2D eigenvalue weighted by atomic mass is 35.5. The average Bonchev–Trinajstić information content (AvgIpc) is 2.43. The second-order valence-corrected chi connectivity index (χ2v) is 4.72. The molecule has 0 aliphatic rings. The van der Waals surface area contributed by atoms with E-state index in [2.05, 4.69) is 5.32 Å². The number of benzene rings is 1. The number of rotatable bonds is 8. The number of hydrogen-bond donors (Lipinski definition) is 2. The maximum absolute atomic E-state index is 11.6. The highest BCUT2D eigenvalue weighted by Gasteiger charge is 2.10. The molecule has 1 aromatic carbocycles. The summed E-state index contributed by atoms with van der Waals surface area (Å²) in [6.07, 6.45) is 0.0469. The number of carbonyl (C=O) groups is 1. The van der Waals surface area contributed by atoms with Crippen LogP contribution in [0.3, 0.4) is 0 Å². The zero-order valence-corrected chi connectivity index (χ0v) is 13.7. The van der Waals surface area contributed by atoms with Gasteiger partial charge in [-0.15, -0.1) is 12.4 Å². The van der Waals surface area contributed by atoms with Crippen LogP contribution in [0.1, 0.15) is 17.5 Å². The summed E-state index contributed by atoms with van der Waals surface area (Å²) in [4.78, 5) is 11.6. The van der Waals surface area contributed by atoms with Crippen LogP contribution in [-0.2, 0) is 9.53 Å². The monoisotopic (exact) mass is 316 g/mol. The van der Waals surface area contributed by atoms with E-state index in [1.165, 1.54) is 0 Å².